The molecule has 3 unspecified atom stereocenters. The number of nitrogens with one attached hydrogen (secondary N) is 2. The van der Waals surface area contributed by atoms with Crippen molar-refractivity contribution in [2.24, 2.45) is 5.92 Å². The molecule has 2 N–H and O–H groups in total. The summed E-state index contributed by atoms with van der Waals surface area (Å²) >= 11 is 1.25. The molecule has 0 spiro atoms. The van der Waals surface area contributed by atoms with Crippen molar-refractivity contribution in [3.8, 4) is 0 Å². The second kappa shape index (κ2) is 14.0. The first-order chi connectivity index (χ1) is 19.4. The molecule has 0 bridgehead atoms. The van der Waals surface area contributed by atoms with E-state index >= 15 is 0 Å². The summed E-state index contributed by atoms with van der Waals surface area (Å²) in [6, 6.07) is 13.2. The molecule has 1 saturated heterocycles. The second-order valence-electron chi connectivity index (χ2n) is 10.3. The Hall–Kier alpha value is -4.06. The molecule has 220 valence electrons. The lowest BCUT2D eigenvalue weighted by atomic mass is 9.93. The topological polar surface area (TPSA) is 140 Å². The van der Waals surface area contributed by atoms with E-state index in [2.05, 4.69) is 15.4 Å². The van der Waals surface area contributed by atoms with Crippen LogP contribution in [0.4, 0.5) is 10.5 Å². The third-order valence-electron chi connectivity index (χ3n) is 6.18. The van der Waals surface area contributed by atoms with Crippen molar-refractivity contribution in [2.45, 2.75) is 49.8 Å². The molecular formula is C29H35N3O8S. The van der Waals surface area contributed by atoms with E-state index < -0.39 is 54.0 Å². The highest BCUT2D eigenvalue weighted by molar-refractivity contribution is 8.00. The number of benzene rings is 2. The van der Waals surface area contributed by atoms with E-state index in [1.54, 1.807) is 75.4 Å². The number of esters is 3. The van der Waals surface area contributed by atoms with Crippen molar-refractivity contribution >= 4 is 47.3 Å². The Morgan fingerprint density at radius 1 is 0.951 bits per heavy atom. The number of hydrogen-bond donors (Lipinski definition) is 2. The van der Waals surface area contributed by atoms with Gasteiger partial charge in [-0.25, -0.2) is 9.59 Å². The molecule has 1 heterocycles. The third-order valence-corrected chi connectivity index (χ3v) is 7.15. The van der Waals surface area contributed by atoms with Crippen LogP contribution < -0.4 is 10.6 Å². The summed E-state index contributed by atoms with van der Waals surface area (Å²) in [6.07, 6.45) is 0.00904. The smallest absolute Gasteiger partial charge is 0.329 e. The number of rotatable bonds is 9. The number of anilines is 1. The number of ether oxygens (including phenoxy) is 3. The molecule has 3 amide bonds. The molecule has 41 heavy (non-hydrogen) atoms. The first-order valence-corrected chi connectivity index (χ1v) is 13.9. The van der Waals surface area contributed by atoms with Crippen LogP contribution in [-0.4, -0.2) is 72.9 Å². The highest BCUT2D eigenvalue weighted by Crippen LogP contribution is 2.42. The number of carbonyl (C=O) groups is 5. The monoisotopic (exact) mass is 585 g/mol. The van der Waals surface area contributed by atoms with E-state index in [0.717, 1.165) is 4.90 Å². The average molecular weight is 586 g/mol. The lowest BCUT2D eigenvalue weighted by Gasteiger charge is -2.32. The van der Waals surface area contributed by atoms with E-state index in [1.165, 1.54) is 30.9 Å². The first kappa shape index (κ1) is 31.5. The van der Waals surface area contributed by atoms with Crippen LogP contribution in [0.3, 0.4) is 0 Å². The number of hydrogen-bond acceptors (Lipinski definition) is 9. The van der Waals surface area contributed by atoms with Gasteiger partial charge in [0.15, 0.2) is 0 Å². The summed E-state index contributed by atoms with van der Waals surface area (Å²) in [6.45, 7) is 4.70. The Morgan fingerprint density at radius 3 is 2.29 bits per heavy atom. The zero-order chi connectivity index (χ0) is 30.2. The SMILES string of the molecule is COC(=O)CSc1cccc(NC(=O)NCC(=O)N2C(C(=O)OC(C)(C)C)CC(C(=O)OC)C2c2ccccc2)c1. The lowest BCUT2D eigenvalue weighted by molar-refractivity contribution is -0.164. The van der Waals surface area contributed by atoms with Crippen LogP contribution in [-0.2, 0) is 33.4 Å². The van der Waals surface area contributed by atoms with Gasteiger partial charge in [-0.1, -0.05) is 36.4 Å². The Morgan fingerprint density at radius 2 is 1.66 bits per heavy atom. The maximum Gasteiger partial charge on any atom is 0.329 e. The number of methoxy groups -OCH3 is 2. The number of urea groups is 1. The maximum atomic E-state index is 13.6. The molecule has 12 heteroatoms. The summed E-state index contributed by atoms with van der Waals surface area (Å²) in [5.41, 5.74) is 0.276. The fourth-order valence-corrected chi connectivity index (χ4v) is 5.27. The molecule has 3 rings (SSSR count). The van der Waals surface area contributed by atoms with Gasteiger partial charge in [0.25, 0.3) is 0 Å². The molecule has 2 aromatic rings. The number of thioether (sulfide) groups is 1. The minimum atomic E-state index is -1.07. The summed E-state index contributed by atoms with van der Waals surface area (Å²) in [5.74, 6) is -2.85. The predicted molar refractivity (Wildman–Crippen MR) is 152 cm³/mol. The standard InChI is InChI=1S/C29H35N3O8S/c1-29(2,3)40-27(36)22-15-21(26(35)39-5)25(18-10-7-6-8-11-18)32(22)23(33)16-30-28(37)31-19-12-9-13-20(14-19)41-17-24(34)38-4/h6-14,21-22,25H,15-17H2,1-5H3,(H2,30,31,37). The molecular weight excluding hydrogens is 550 g/mol. The maximum absolute atomic E-state index is 13.6. The second-order valence-corrected chi connectivity index (χ2v) is 11.3. The number of likely N-dealkylation sites (tertiary alicyclic amines) is 1. The minimum Gasteiger partial charge on any atom is -0.469 e. The summed E-state index contributed by atoms with van der Waals surface area (Å²) in [5, 5.41) is 5.19. The van der Waals surface area contributed by atoms with Crippen LogP contribution in [0.25, 0.3) is 0 Å². The highest BCUT2D eigenvalue weighted by Gasteiger charge is 2.51. The van der Waals surface area contributed by atoms with Crippen LogP contribution in [0.5, 0.6) is 0 Å². The zero-order valence-corrected chi connectivity index (χ0v) is 24.5. The van der Waals surface area contributed by atoms with Crippen molar-refractivity contribution in [1.82, 2.24) is 10.2 Å². The quantitative estimate of drug-likeness (QED) is 0.257. The molecule has 11 nitrogen and oxygen atoms in total. The van der Waals surface area contributed by atoms with Gasteiger partial charge in [0, 0.05) is 10.6 Å². The molecule has 1 aliphatic heterocycles. The van der Waals surface area contributed by atoms with Gasteiger partial charge >= 0.3 is 23.9 Å². The van der Waals surface area contributed by atoms with Crippen molar-refractivity contribution in [3.63, 3.8) is 0 Å². The van der Waals surface area contributed by atoms with Crippen LogP contribution in [0, 0.1) is 5.92 Å². The van der Waals surface area contributed by atoms with Gasteiger partial charge in [-0.05, 0) is 51.0 Å². The molecule has 0 radical (unpaired) electrons. The van der Waals surface area contributed by atoms with Crippen LogP contribution >= 0.6 is 11.8 Å². The van der Waals surface area contributed by atoms with Crippen molar-refractivity contribution in [3.05, 3.63) is 60.2 Å². The number of nitrogens with zero attached hydrogens (tertiary/aromatic N) is 1. The Balaban J connectivity index is 1.78. The molecule has 3 atom stereocenters. The van der Waals surface area contributed by atoms with Crippen LogP contribution in [0.2, 0.25) is 0 Å². The van der Waals surface area contributed by atoms with E-state index in [0.29, 0.717) is 11.3 Å². The fourth-order valence-electron chi connectivity index (χ4n) is 4.49. The van der Waals surface area contributed by atoms with Crippen LogP contribution in [0.1, 0.15) is 38.8 Å². The zero-order valence-electron chi connectivity index (χ0n) is 23.7. The van der Waals surface area contributed by atoms with Crippen LogP contribution in [0.15, 0.2) is 59.5 Å². The van der Waals surface area contributed by atoms with Crippen molar-refractivity contribution < 1.29 is 38.2 Å². The minimum absolute atomic E-state index is 0.00904. The molecule has 0 aromatic heterocycles. The average Bonchev–Trinajstić information content (AvgIpc) is 3.35. The Kier molecular flexibility index (Phi) is 10.8. The predicted octanol–water partition coefficient (Wildman–Crippen LogP) is 3.55. The normalized spacial score (nSPS) is 18.3. The Labute approximate surface area is 243 Å². The summed E-state index contributed by atoms with van der Waals surface area (Å²) in [7, 11) is 2.56. The third kappa shape index (κ3) is 8.71. The van der Waals surface area contributed by atoms with E-state index in [9.17, 15) is 24.0 Å². The highest BCUT2D eigenvalue weighted by atomic mass is 32.2. The van der Waals surface area contributed by atoms with Gasteiger partial charge in [-0.2, -0.15) is 0 Å². The fraction of sp³-hybridized carbons (Fsp3) is 0.414. The summed E-state index contributed by atoms with van der Waals surface area (Å²) < 4.78 is 15.2. The number of carbonyl (C=O) groups excluding carboxylic acids is 5. The lowest BCUT2D eigenvalue weighted by Crippen LogP contribution is -2.48. The summed E-state index contributed by atoms with van der Waals surface area (Å²) in [4.78, 5) is 65.8. The number of amides is 3. The molecule has 1 aliphatic rings. The van der Waals surface area contributed by atoms with Gasteiger partial charge in [-0.15, -0.1) is 11.8 Å². The van der Waals surface area contributed by atoms with Gasteiger partial charge in [0.05, 0.1) is 38.5 Å². The largest absolute Gasteiger partial charge is 0.469 e. The molecule has 2 aromatic carbocycles. The van der Waals surface area contributed by atoms with Gasteiger partial charge in [-0.3, -0.25) is 14.4 Å². The molecule has 1 fully saturated rings. The molecule has 0 saturated carbocycles. The van der Waals surface area contributed by atoms with Gasteiger partial charge in [0.2, 0.25) is 5.91 Å². The van der Waals surface area contributed by atoms with Crippen molar-refractivity contribution in [1.29, 1.82) is 0 Å². The van der Waals surface area contributed by atoms with E-state index in [1.807, 2.05) is 0 Å². The van der Waals surface area contributed by atoms with Crippen molar-refractivity contribution in [2.75, 3.05) is 31.8 Å². The van der Waals surface area contributed by atoms with Gasteiger partial charge in [0.1, 0.15) is 11.6 Å². The van der Waals surface area contributed by atoms with Gasteiger partial charge < -0.3 is 29.7 Å². The van der Waals surface area contributed by atoms with E-state index in [-0.39, 0.29) is 18.1 Å². The molecule has 0 aliphatic carbocycles. The first-order valence-electron chi connectivity index (χ1n) is 12.9. The van der Waals surface area contributed by atoms with E-state index in [4.69, 9.17) is 9.47 Å². The Bertz CT molecular complexity index is 1260.